The minimum atomic E-state index is 0.0881. The van der Waals surface area contributed by atoms with Crippen molar-refractivity contribution in [3.8, 4) is 11.4 Å². The van der Waals surface area contributed by atoms with Crippen LogP contribution in [0.2, 0.25) is 0 Å². The van der Waals surface area contributed by atoms with Gasteiger partial charge >= 0.3 is 0 Å². The summed E-state index contributed by atoms with van der Waals surface area (Å²) in [5.41, 5.74) is 6.36. The molecular formula is C16H21N7O2. The molecule has 0 amide bonds. The number of aromatic nitrogens is 3. The first kappa shape index (κ1) is 15.8. The quantitative estimate of drug-likeness (QED) is 0.616. The van der Waals surface area contributed by atoms with E-state index in [-0.39, 0.29) is 11.9 Å². The van der Waals surface area contributed by atoms with Gasteiger partial charge in [-0.1, -0.05) is 5.16 Å². The van der Waals surface area contributed by atoms with Gasteiger partial charge in [0.2, 0.25) is 11.7 Å². The smallest absolute Gasteiger partial charge is 0.231 e. The maximum atomic E-state index is 7.51. The van der Waals surface area contributed by atoms with Gasteiger partial charge in [-0.15, -0.1) is 0 Å². The Labute approximate surface area is 145 Å². The van der Waals surface area contributed by atoms with Gasteiger partial charge in [0.25, 0.3) is 0 Å². The van der Waals surface area contributed by atoms with E-state index in [2.05, 4.69) is 20.0 Å². The molecule has 2 saturated heterocycles. The Kier molecular flexibility index (Phi) is 4.22. The average Bonchev–Trinajstić information content (AvgIpc) is 3.32. The van der Waals surface area contributed by atoms with E-state index in [9.17, 15) is 0 Å². The number of rotatable bonds is 3. The van der Waals surface area contributed by atoms with Crippen LogP contribution in [0, 0.1) is 5.41 Å². The van der Waals surface area contributed by atoms with Gasteiger partial charge in [-0.05, 0) is 18.6 Å². The number of nitrogens with two attached hydrogens (primary N) is 1. The highest BCUT2D eigenvalue weighted by molar-refractivity contribution is 5.75. The molecule has 0 spiro atoms. The number of anilines is 1. The van der Waals surface area contributed by atoms with Crippen molar-refractivity contribution in [3.05, 3.63) is 24.2 Å². The molecule has 3 N–H and O–H groups in total. The van der Waals surface area contributed by atoms with Gasteiger partial charge in [0.05, 0.1) is 19.1 Å². The van der Waals surface area contributed by atoms with Crippen molar-refractivity contribution in [1.29, 1.82) is 5.41 Å². The van der Waals surface area contributed by atoms with Crippen molar-refractivity contribution < 1.29 is 9.26 Å². The molecular weight excluding hydrogens is 322 g/mol. The molecule has 2 fully saturated rings. The molecule has 0 radical (unpaired) electrons. The highest BCUT2D eigenvalue weighted by Crippen LogP contribution is 2.27. The van der Waals surface area contributed by atoms with E-state index in [4.69, 9.17) is 20.4 Å². The molecule has 9 heteroatoms. The lowest BCUT2D eigenvalue weighted by Gasteiger charge is -2.27. The number of hydrogen-bond acceptors (Lipinski definition) is 7. The average molecular weight is 343 g/mol. The first-order valence-corrected chi connectivity index (χ1v) is 8.42. The second-order valence-corrected chi connectivity index (χ2v) is 6.28. The van der Waals surface area contributed by atoms with Gasteiger partial charge in [-0.2, -0.15) is 4.98 Å². The number of likely N-dealkylation sites (tertiary alicyclic amines) is 1. The van der Waals surface area contributed by atoms with E-state index in [1.54, 1.807) is 6.20 Å². The molecule has 4 heterocycles. The molecule has 2 aliphatic rings. The molecule has 2 aromatic rings. The van der Waals surface area contributed by atoms with Crippen LogP contribution in [0.4, 0.5) is 5.82 Å². The van der Waals surface area contributed by atoms with Crippen LogP contribution in [-0.2, 0) is 4.74 Å². The van der Waals surface area contributed by atoms with Crippen LogP contribution >= 0.6 is 0 Å². The predicted octanol–water partition coefficient (Wildman–Crippen LogP) is 0.651. The van der Waals surface area contributed by atoms with E-state index in [1.165, 1.54) is 0 Å². The lowest BCUT2D eigenvalue weighted by molar-refractivity contribution is 0.122. The largest absolute Gasteiger partial charge is 0.378 e. The van der Waals surface area contributed by atoms with E-state index >= 15 is 0 Å². The van der Waals surface area contributed by atoms with Crippen LogP contribution in [-0.4, -0.2) is 65.4 Å². The summed E-state index contributed by atoms with van der Waals surface area (Å²) in [7, 11) is 0. The van der Waals surface area contributed by atoms with Crippen LogP contribution in [0.15, 0.2) is 22.9 Å². The van der Waals surface area contributed by atoms with Crippen LogP contribution in [0.25, 0.3) is 11.4 Å². The lowest BCUT2D eigenvalue weighted by Crippen LogP contribution is -2.36. The lowest BCUT2D eigenvalue weighted by atomic mass is 10.1. The first-order chi connectivity index (χ1) is 12.2. The summed E-state index contributed by atoms with van der Waals surface area (Å²) in [5.74, 6) is 2.27. The summed E-state index contributed by atoms with van der Waals surface area (Å²) in [4.78, 5) is 13.0. The molecule has 0 bridgehead atoms. The van der Waals surface area contributed by atoms with Crippen molar-refractivity contribution in [2.45, 2.75) is 12.3 Å². The molecule has 0 aliphatic carbocycles. The predicted molar refractivity (Wildman–Crippen MR) is 91.4 cm³/mol. The minimum Gasteiger partial charge on any atom is -0.378 e. The molecule has 25 heavy (non-hydrogen) atoms. The Morgan fingerprint density at radius 3 is 2.76 bits per heavy atom. The molecule has 4 rings (SSSR count). The molecule has 9 nitrogen and oxygen atoms in total. The van der Waals surface area contributed by atoms with Gasteiger partial charge in [0.15, 0.2) is 5.96 Å². The maximum absolute atomic E-state index is 7.51. The standard InChI is InChI=1S/C16H21N7O2/c17-16(18)23-4-3-12(10-23)15-20-14(21-25-15)11-1-2-13(19-9-11)22-5-7-24-8-6-22/h1-2,9,12H,3-8,10H2,(H3,17,18). The van der Waals surface area contributed by atoms with Crippen molar-refractivity contribution >= 4 is 11.8 Å². The van der Waals surface area contributed by atoms with E-state index in [0.717, 1.165) is 50.7 Å². The molecule has 1 unspecified atom stereocenters. The molecule has 0 aromatic carbocycles. The zero-order chi connectivity index (χ0) is 17.2. The molecule has 2 aliphatic heterocycles. The van der Waals surface area contributed by atoms with Crippen molar-refractivity contribution in [1.82, 2.24) is 20.0 Å². The fraction of sp³-hybridized carbons (Fsp3) is 0.500. The van der Waals surface area contributed by atoms with E-state index in [0.29, 0.717) is 18.3 Å². The third-order valence-electron chi connectivity index (χ3n) is 4.66. The van der Waals surface area contributed by atoms with E-state index in [1.807, 2.05) is 17.0 Å². The number of ether oxygens (including phenoxy) is 1. The molecule has 1 atom stereocenters. The number of hydrogen-bond donors (Lipinski definition) is 2. The van der Waals surface area contributed by atoms with Crippen molar-refractivity contribution in [2.75, 3.05) is 44.3 Å². The summed E-state index contributed by atoms with van der Waals surface area (Å²) in [6.45, 7) is 4.56. The fourth-order valence-electron chi connectivity index (χ4n) is 3.20. The molecule has 0 saturated carbocycles. The Balaban J connectivity index is 1.46. The number of guanidine groups is 1. The van der Waals surface area contributed by atoms with Crippen molar-refractivity contribution in [2.24, 2.45) is 5.73 Å². The van der Waals surface area contributed by atoms with Gasteiger partial charge in [-0.25, -0.2) is 4.98 Å². The van der Waals surface area contributed by atoms with E-state index < -0.39 is 0 Å². The van der Waals surface area contributed by atoms with Gasteiger partial charge < -0.3 is 24.8 Å². The zero-order valence-corrected chi connectivity index (χ0v) is 13.9. The Morgan fingerprint density at radius 1 is 1.24 bits per heavy atom. The monoisotopic (exact) mass is 343 g/mol. The normalized spacial score (nSPS) is 20.9. The summed E-state index contributed by atoms with van der Waals surface area (Å²) < 4.78 is 10.8. The summed E-state index contributed by atoms with van der Waals surface area (Å²) in [5, 5.41) is 11.6. The third-order valence-corrected chi connectivity index (χ3v) is 4.66. The topological polar surface area (TPSA) is 117 Å². The summed E-state index contributed by atoms with van der Waals surface area (Å²) >= 11 is 0. The zero-order valence-electron chi connectivity index (χ0n) is 13.9. The number of morpholine rings is 1. The number of pyridine rings is 1. The SMILES string of the molecule is N=C(N)N1CCC(c2nc(-c3ccc(N4CCOCC4)nc3)no2)C1. The van der Waals surface area contributed by atoms with Crippen LogP contribution in [0.3, 0.4) is 0 Å². The summed E-state index contributed by atoms with van der Waals surface area (Å²) in [6, 6.07) is 3.94. The number of nitrogens with zero attached hydrogens (tertiary/aromatic N) is 5. The van der Waals surface area contributed by atoms with Gasteiger partial charge in [0, 0.05) is 37.9 Å². The van der Waals surface area contributed by atoms with Crippen LogP contribution in [0.1, 0.15) is 18.2 Å². The maximum Gasteiger partial charge on any atom is 0.231 e. The number of nitrogens with one attached hydrogen (secondary N) is 1. The van der Waals surface area contributed by atoms with Crippen molar-refractivity contribution in [3.63, 3.8) is 0 Å². The highest BCUT2D eigenvalue weighted by Gasteiger charge is 2.29. The first-order valence-electron chi connectivity index (χ1n) is 8.42. The van der Waals surface area contributed by atoms with Crippen LogP contribution < -0.4 is 10.6 Å². The van der Waals surface area contributed by atoms with Gasteiger partial charge in [-0.3, -0.25) is 5.41 Å². The van der Waals surface area contributed by atoms with Crippen LogP contribution in [0.5, 0.6) is 0 Å². The molecule has 132 valence electrons. The fourth-order valence-corrected chi connectivity index (χ4v) is 3.20. The Morgan fingerprint density at radius 2 is 2.08 bits per heavy atom. The Hall–Kier alpha value is -2.68. The Bertz CT molecular complexity index is 739. The third kappa shape index (κ3) is 3.27. The summed E-state index contributed by atoms with van der Waals surface area (Å²) in [6.07, 6.45) is 2.63. The molecule has 2 aromatic heterocycles. The highest BCUT2D eigenvalue weighted by atomic mass is 16.5. The second-order valence-electron chi connectivity index (χ2n) is 6.28. The minimum absolute atomic E-state index is 0.0881. The van der Waals surface area contributed by atoms with Gasteiger partial charge in [0.1, 0.15) is 5.82 Å². The second kappa shape index (κ2) is 6.67.